The third-order valence-corrected chi connectivity index (χ3v) is 4.66. The molecule has 3 aromatic heterocycles. The molecular weight excluding hydrogens is 320 g/mol. The van der Waals surface area contributed by atoms with Gasteiger partial charge in [-0.2, -0.15) is 0 Å². The molecule has 0 aliphatic heterocycles. The van der Waals surface area contributed by atoms with Crippen molar-refractivity contribution in [1.82, 2.24) is 15.2 Å². The number of nitrogens with one attached hydrogen (secondary N) is 1. The molecule has 118 valence electrons. The summed E-state index contributed by atoms with van der Waals surface area (Å²) < 4.78 is 1.05. The monoisotopic (exact) mass is 334 g/mol. The van der Waals surface area contributed by atoms with E-state index in [0.717, 1.165) is 21.3 Å². The van der Waals surface area contributed by atoms with Crippen molar-refractivity contribution in [2.24, 2.45) is 0 Å². The number of anilines is 2. The van der Waals surface area contributed by atoms with Crippen molar-refractivity contribution in [3.8, 4) is 17.0 Å². The molecule has 0 amide bonds. The Hall–Kier alpha value is -2.99. The molecule has 0 saturated heterocycles. The Morgan fingerprint density at radius 2 is 2.04 bits per heavy atom. The Morgan fingerprint density at radius 1 is 1.12 bits per heavy atom. The van der Waals surface area contributed by atoms with Crippen LogP contribution in [0.3, 0.4) is 0 Å². The van der Waals surface area contributed by atoms with E-state index in [-0.39, 0.29) is 5.75 Å². The van der Waals surface area contributed by atoms with Crippen molar-refractivity contribution in [3.05, 3.63) is 59.7 Å². The first-order chi connectivity index (χ1) is 11.7. The van der Waals surface area contributed by atoms with Crippen molar-refractivity contribution in [1.29, 1.82) is 0 Å². The summed E-state index contributed by atoms with van der Waals surface area (Å²) in [5, 5.41) is 25.0. The van der Waals surface area contributed by atoms with Crippen LogP contribution >= 0.6 is 11.3 Å². The van der Waals surface area contributed by atoms with Crippen LogP contribution in [0.4, 0.5) is 11.5 Å². The highest BCUT2D eigenvalue weighted by Crippen LogP contribution is 2.38. The highest BCUT2D eigenvalue weighted by molar-refractivity contribution is 7.17. The van der Waals surface area contributed by atoms with Crippen LogP contribution in [0.25, 0.3) is 21.3 Å². The summed E-state index contributed by atoms with van der Waals surface area (Å²) in [6.45, 7) is 1.95. The van der Waals surface area contributed by atoms with E-state index in [0.29, 0.717) is 17.1 Å². The molecule has 4 rings (SSSR count). The molecule has 6 heteroatoms. The largest absolute Gasteiger partial charge is 0.507 e. The molecule has 3 heterocycles. The van der Waals surface area contributed by atoms with Crippen LogP contribution in [0, 0.1) is 6.92 Å². The Labute approximate surface area is 142 Å². The lowest BCUT2D eigenvalue weighted by molar-refractivity contribution is 0.483. The third kappa shape index (κ3) is 2.57. The number of aryl methyl sites for hydroxylation is 1. The van der Waals surface area contributed by atoms with Crippen LogP contribution in [0.15, 0.2) is 54.2 Å². The number of pyridine rings is 1. The maximum absolute atomic E-state index is 10.5. The van der Waals surface area contributed by atoms with Crippen molar-refractivity contribution in [2.45, 2.75) is 6.92 Å². The molecular formula is C18H14N4OS. The number of aromatic hydroxyl groups is 1. The van der Waals surface area contributed by atoms with E-state index in [1.54, 1.807) is 23.7 Å². The van der Waals surface area contributed by atoms with Gasteiger partial charge in [-0.25, -0.2) is 0 Å². The lowest BCUT2D eigenvalue weighted by atomic mass is 10.0. The standard InChI is InChI=1S/C18H14N4OS/c1-11-9-16(20-12-3-2-7-19-10-12)21-22-17(11)14-4-5-15-13(18(14)23)6-8-24-15/h2-10,23H,1H3,(H,20,21). The van der Waals surface area contributed by atoms with Crippen molar-refractivity contribution in [3.63, 3.8) is 0 Å². The first kappa shape index (κ1) is 14.6. The topological polar surface area (TPSA) is 70.9 Å². The van der Waals surface area contributed by atoms with Crippen LogP contribution in [0.1, 0.15) is 5.56 Å². The lowest BCUT2D eigenvalue weighted by Crippen LogP contribution is -1.99. The number of aromatic nitrogens is 3. The molecule has 0 fully saturated rings. The SMILES string of the molecule is Cc1cc(Nc2cccnc2)nnc1-c1ccc2sccc2c1O. The average Bonchev–Trinajstić information content (AvgIpc) is 3.07. The number of hydrogen-bond donors (Lipinski definition) is 2. The van der Waals surface area contributed by atoms with E-state index in [4.69, 9.17) is 0 Å². The van der Waals surface area contributed by atoms with Gasteiger partial charge in [0.15, 0.2) is 5.82 Å². The fraction of sp³-hybridized carbons (Fsp3) is 0.0556. The molecule has 2 N–H and O–H groups in total. The van der Waals surface area contributed by atoms with Gasteiger partial charge in [-0.1, -0.05) is 0 Å². The van der Waals surface area contributed by atoms with Crippen molar-refractivity contribution >= 4 is 32.9 Å². The fourth-order valence-electron chi connectivity index (χ4n) is 2.62. The van der Waals surface area contributed by atoms with Gasteiger partial charge in [0, 0.05) is 21.8 Å². The predicted octanol–water partition coefficient (Wildman–Crippen LogP) is 4.51. The summed E-state index contributed by atoms with van der Waals surface area (Å²) in [6, 6.07) is 11.5. The fourth-order valence-corrected chi connectivity index (χ4v) is 3.41. The Kier molecular flexibility index (Phi) is 3.59. The van der Waals surface area contributed by atoms with E-state index in [2.05, 4.69) is 20.5 Å². The van der Waals surface area contributed by atoms with Crippen LogP contribution in [-0.2, 0) is 0 Å². The van der Waals surface area contributed by atoms with Crippen LogP contribution in [0.2, 0.25) is 0 Å². The second kappa shape index (κ2) is 5.90. The van der Waals surface area contributed by atoms with Crippen molar-refractivity contribution < 1.29 is 5.11 Å². The zero-order valence-electron chi connectivity index (χ0n) is 12.9. The summed E-state index contributed by atoms with van der Waals surface area (Å²) in [4.78, 5) is 4.06. The molecule has 5 nitrogen and oxygen atoms in total. The number of hydrogen-bond acceptors (Lipinski definition) is 6. The van der Waals surface area contributed by atoms with Crippen LogP contribution in [0.5, 0.6) is 5.75 Å². The van der Waals surface area contributed by atoms with Crippen molar-refractivity contribution in [2.75, 3.05) is 5.32 Å². The quantitative estimate of drug-likeness (QED) is 0.577. The molecule has 4 aromatic rings. The molecule has 1 aromatic carbocycles. The Bertz CT molecular complexity index is 1010. The van der Waals surface area contributed by atoms with E-state index in [1.165, 1.54) is 0 Å². The molecule has 0 saturated carbocycles. The molecule has 0 unspecified atom stereocenters. The minimum Gasteiger partial charge on any atom is -0.507 e. The number of fused-ring (bicyclic) bond motifs is 1. The first-order valence-electron chi connectivity index (χ1n) is 7.43. The zero-order valence-corrected chi connectivity index (χ0v) is 13.7. The van der Waals surface area contributed by atoms with Gasteiger partial charge in [-0.15, -0.1) is 21.5 Å². The van der Waals surface area contributed by atoms with Gasteiger partial charge in [0.2, 0.25) is 0 Å². The van der Waals surface area contributed by atoms with Gasteiger partial charge in [0.1, 0.15) is 5.75 Å². The van der Waals surface area contributed by atoms with Crippen LogP contribution in [-0.4, -0.2) is 20.3 Å². The number of phenolic OH excluding ortho intramolecular Hbond substituents is 1. The minimum atomic E-state index is 0.249. The molecule has 0 aliphatic carbocycles. The maximum Gasteiger partial charge on any atom is 0.153 e. The molecule has 0 spiro atoms. The lowest BCUT2D eigenvalue weighted by Gasteiger charge is -2.10. The Morgan fingerprint density at radius 3 is 2.83 bits per heavy atom. The Balaban J connectivity index is 1.72. The molecule has 0 bridgehead atoms. The van der Waals surface area contributed by atoms with E-state index in [9.17, 15) is 5.11 Å². The van der Waals surface area contributed by atoms with Gasteiger partial charge in [0.05, 0.1) is 17.6 Å². The summed E-state index contributed by atoms with van der Waals surface area (Å²) in [7, 11) is 0. The number of phenols is 1. The normalized spacial score (nSPS) is 10.9. The molecule has 24 heavy (non-hydrogen) atoms. The summed E-state index contributed by atoms with van der Waals surface area (Å²) >= 11 is 1.60. The summed E-state index contributed by atoms with van der Waals surface area (Å²) in [6.07, 6.45) is 3.44. The van der Waals surface area contributed by atoms with Gasteiger partial charge >= 0.3 is 0 Å². The number of nitrogens with zero attached hydrogens (tertiary/aromatic N) is 3. The van der Waals surface area contributed by atoms with Gasteiger partial charge in [-0.3, -0.25) is 4.98 Å². The van der Waals surface area contributed by atoms with E-state index >= 15 is 0 Å². The van der Waals surface area contributed by atoms with Gasteiger partial charge in [0.25, 0.3) is 0 Å². The molecule has 0 aliphatic rings. The second-order valence-corrected chi connectivity index (χ2v) is 6.37. The number of benzene rings is 1. The van der Waals surface area contributed by atoms with Crippen LogP contribution < -0.4 is 5.32 Å². The maximum atomic E-state index is 10.5. The highest BCUT2D eigenvalue weighted by Gasteiger charge is 2.14. The van der Waals surface area contributed by atoms with E-state index < -0.39 is 0 Å². The summed E-state index contributed by atoms with van der Waals surface area (Å²) in [5.74, 6) is 0.888. The van der Waals surface area contributed by atoms with Gasteiger partial charge in [-0.05, 0) is 54.3 Å². The van der Waals surface area contributed by atoms with Gasteiger partial charge < -0.3 is 10.4 Å². The first-order valence-corrected chi connectivity index (χ1v) is 8.31. The molecule has 0 atom stereocenters. The number of rotatable bonds is 3. The summed E-state index contributed by atoms with van der Waals surface area (Å²) in [5.41, 5.74) is 3.15. The smallest absolute Gasteiger partial charge is 0.153 e. The average molecular weight is 334 g/mol. The zero-order chi connectivity index (χ0) is 16.5. The minimum absolute atomic E-state index is 0.249. The van der Waals surface area contributed by atoms with E-state index in [1.807, 2.05) is 48.7 Å². The number of thiophene rings is 1. The molecule has 0 radical (unpaired) electrons. The predicted molar refractivity (Wildman–Crippen MR) is 96.8 cm³/mol. The third-order valence-electron chi connectivity index (χ3n) is 3.78. The highest BCUT2D eigenvalue weighted by atomic mass is 32.1. The second-order valence-electron chi connectivity index (χ2n) is 5.42.